The number of benzene rings is 1. The van der Waals surface area contributed by atoms with Crippen LogP contribution in [0.4, 0.5) is 0 Å². The zero-order chi connectivity index (χ0) is 14.3. The van der Waals surface area contributed by atoms with Crippen LogP contribution in [0.1, 0.15) is 11.1 Å². The molecule has 0 radical (unpaired) electrons. The van der Waals surface area contributed by atoms with Gasteiger partial charge in [0.2, 0.25) is 0 Å². The molecule has 3 rings (SSSR count). The number of carboxylic acids is 1. The Morgan fingerprint density at radius 3 is 2.45 bits per heavy atom. The first-order valence-corrected chi connectivity index (χ1v) is 7.93. The van der Waals surface area contributed by atoms with Crippen molar-refractivity contribution in [3.05, 3.63) is 35.4 Å². The summed E-state index contributed by atoms with van der Waals surface area (Å²) >= 11 is 0. The SMILES string of the molecule is O=C(O)C1CN(S(=O)(=O)N2CCc3ccccc3C2)C1. The van der Waals surface area contributed by atoms with Gasteiger partial charge in [-0.3, -0.25) is 4.79 Å². The summed E-state index contributed by atoms with van der Waals surface area (Å²) in [4.78, 5) is 10.8. The fraction of sp³-hybridized carbons (Fsp3) is 0.462. The maximum Gasteiger partial charge on any atom is 0.309 e. The number of carboxylic acid groups (broad SMARTS) is 1. The van der Waals surface area contributed by atoms with Crippen LogP contribution in [-0.4, -0.2) is 47.7 Å². The van der Waals surface area contributed by atoms with E-state index in [1.54, 1.807) is 0 Å². The highest BCUT2D eigenvalue weighted by atomic mass is 32.2. The molecule has 1 N–H and O–H groups in total. The van der Waals surface area contributed by atoms with Gasteiger partial charge in [0.05, 0.1) is 5.92 Å². The first-order valence-electron chi connectivity index (χ1n) is 6.53. The summed E-state index contributed by atoms with van der Waals surface area (Å²) in [5.41, 5.74) is 2.21. The zero-order valence-corrected chi connectivity index (χ0v) is 11.7. The zero-order valence-electron chi connectivity index (χ0n) is 10.9. The molecule has 0 bridgehead atoms. The van der Waals surface area contributed by atoms with E-state index in [1.165, 1.54) is 14.2 Å². The lowest BCUT2D eigenvalue weighted by Crippen LogP contribution is -2.57. The monoisotopic (exact) mass is 296 g/mol. The number of fused-ring (bicyclic) bond motifs is 1. The molecule has 0 saturated carbocycles. The van der Waals surface area contributed by atoms with Gasteiger partial charge in [0.1, 0.15) is 0 Å². The van der Waals surface area contributed by atoms with Gasteiger partial charge in [-0.1, -0.05) is 24.3 Å². The molecule has 1 aromatic rings. The van der Waals surface area contributed by atoms with Crippen molar-refractivity contribution in [1.29, 1.82) is 0 Å². The fourth-order valence-electron chi connectivity index (χ4n) is 2.61. The van der Waals surface area contributed by atoms with Crippen LogP contribution in [0.25, 0.3) is 0 Å². The summed E-state index contributed by atoms with van der Waals surface area (Å²) in [7, 11) is -3.53. The largest absolute Gasteiger partial charge is 0.481 e. The van der Waals surface area contributed by atoms with E-state index in [4.69, 9.17) is 5.11 Å². The van der Waals surface area contributed by atoms with Crippen LogP contribution in [0.2, 0.25) is 0 Å². The molecule has 0 aromatic heterocycles. The molecule has 20 heavy (non-hydrogen) atoms. The van der Waals surface area contributed by atoms with Crippen LogP contribution in [0.15, 0.2) is 24.3 Å². The lowest BCUT2D eigenvalue weighted by atomic mass is 10.0. The standard InChI is InChI=1S/C13H16N2O4S/c16-13(17)12-8-15(9-12)20(18,19)14-6-5-10-3-1-2-4-11(10)7-14/h1-4,12H,5-9H2,(H,16,17). The van der Waals surface area contributed by atoms with Crippen molar-refractivity contribution in [2.75, 3.05) is 19.6 Å². The van der Waals surface area contributed by atoms with E-state index in [0.717, 1.165) is 5.56 Å². The summed E-state index contributed by atoms with van der Waals surface area (Å²) in [6.07, 6.45) is 0.700. The number of rotatable bonds is 3. The van der Waals surface area contributed by atoms with Crippen molar-refractivity contribution < 1.29 is 18.3 Å². The van der Waals surface area contributed by atoms with Crippen LogP contribution in [0.5, 0.6) is 0 Å². The second-order valence-electron chi connectivity index (χ2n) is 5.21. The normalized spacial score (nSPS) is 21.2. The molecule has 2 heterocycles. The molecule has 0 spiro atoms. The van der Waals surface area contributed by atoms with Crippen molar-refractivity contribution in [3.8, 4) is 0 Å². The van der Waals surface area contributed by atoms with Crippen LogP contribution >= 0.6 is 0 Å². The molecular weight excluding hydrogens is 280 g/mol. The molecule has 1 aromatic carbocycles. The van der Waals surface area contributed by atoms with E-state index in [2.05, 4.69) is 0 Å². The van der Waals surface area contributed by atoms with Gasteiger partial charge in [0.15, 0.2) is 0 Å². The predicted molar refractivity (Wildman–Crippen MR) is 72.2 cm³/mol. The molecule has 0 atom stereocenters. The van der Waals surface area contributed by atoms with Crippen LogP contribution < -0.4 is 0 Å². The summed E-state index contributed by atoms with van der Waals surface area (Å²) in [5.74, 6) is -1.50. The van der Waals surface area contributed by atoms with Gasteiger partial charge in [0.25, 0.3) is 10.2 Å². The Bertz CT molecular complexity index is 638. The van der Waals surface area contributed by atoms with E-state index in [-0.39, 0.29) is 13.1 Å². The minimum absolute atomic E-state index is 0.0792. The third-order valence-electron chi connectivity index (χ3n) is 3.95. The second kappa shape index (κ2) is 4.83. The van der Waals surface area contributed by atoms with Gasteiger partial charge in [-0.05, 0) is 17.5 Å². The predicted octanol–water partition coefficient (Wildman–Crippen LogP) is 0.306. The second-order valence-corrected chi connectivity index (χ2v) is 7.14. The Morgan fingerprint density at radius 1 is 1.15 bits per heavy atom. The van der Waals surface area contributed by atoms with Crippen molar-refractivity contribution >= 4 is 16.2 Å². The highest BCUT2D eigenvalue weighted by Gasteiger charge is 2.43. The van der Waals surface area contributed by atoms with Crippen LogP contribution in [0.3, 0.4) is 0 Å². The number of hydrogen-bond acceptors (Lipinski definition) is 3. The summed E-state index contributed by atoms with van der Waals surface area (Å²) in [6.45, 7) is 0.978. The topological polar surface area (TPSA) is 77.9 Å². The first kappa shape index (κ1) is 13.5. The number of aliphatic carboxylic acids is 1. The number of carbonyl (C=O) groups is 1. The van der Waals surface area contributed by atoms with E-state index in [1.807, 2.05) is 24.3 Å². The third kappa shape index (κ3) is 2.21. The quantitative estimate of drug-likeness (QED) is 0.870. The molecule has 1 saturated heterocycles. The van der Waals surface area contributed by atoms with Crippen molar-refractivity contribution in [3.63, 3.8) is 0 Å². The molecular formula is C13H16N2O4S. The van der Waals surface area contributed by atoms with Gasteiger partial charge < -0.3 is 5.11 Å². The minimum Gasteiger partial charge on any atom is -0.481 e. The van der Waals surface area contributed by atoms with Gasteiger partial charge >= 0.3 is 5.97 Å². The van der Waals surface area contributed by atoms with Gasteiger partial charge in [-0.15, -0.1) is 0 Å². The maximum atomic E-state index is 12.4. The summed E-state index contributed by atoms with van der Waals surface area (Å²) in [6, 6.07) is 7.81. The third-order valence-corrected chi connectivity index (χ3v) is 5.86. The summed E-state index contributed by atoms with van der Waals surface area (Å²) in [5, 5.41) is 8.82. The molecule has 0 aliphatic carbocycles. The van der Waals surface area contributed by atoms with Crippen LogP contribution in [-0.2, 0) is 28.0 Å². The Balaban J connectivity index is 1.73. The van der Waals surface area contributed by atoms with E-state index in [0.29, 0.717) is 19.5 Å². The number of hydrogen-bond donors (Lipinski definition) is 1. The van der Waals surface area contributed by atoms with Gasteiger partial charge in [-0.2, -0.15) is 17.0 Å². The molecule has 0 amide bonds. The lowest BCUT2D eigenvalue weighted by molar-refractivity contribution is -0.145. The average molecular weight is 296 g/mol. The fourth-order valence-corrected chi connectivity index (χ4v) is 4.30. The molecule has 2 aliphatic rings. The van der Waals surface area contributed by atoms with E-state index < -0.39 is 22.1 Å². The highest BCUT2D eigenvalue weighted by molar-refractivity contribution is 7.86. The molecule has 108 valence electrons. The van der Waals surface area contributed by atoms with Crippen molar-refractivity contribution in [1.82, 2.24) is 8.61 Å². The van der Waals surface area contributed by atoms with Crippen molar-refractivity contribution in [2.24, 2.45) is 5.92 Å². The van der Waals surface area contributed by atoms with E-state index in [9.17, 15) is 13.2 Å². The molecule has 6 nitrogen and oxygen atoms in total. The van der Waals surface area contributed by atoms with E-state index >= 15 is 0 Å². The highest BCUT2D eigenvalue weighted by Crippen LogP contribution is 2.27. The first-order chi connectivity index (χ1) is 9.48. The average Bonchev–Trinajstić information content (AvgIpc) is 2.35. The molecule has 0 unspecified atom stereocenters. The van der Waals surface area contributed by atoms with Crippen molar-refractivity contribution in [2.45, 2.75) is 13.0 Å². The molecule has 2 aliphatic heterocycles. The van der Waals surface area contributed by atoms with Gasteiger partial charge in [-0.25, -0.2) is 0 Å². The summed E-state index contributed by atoms with van der Waals surface area (Å²) < 4.78 is 27.5. The molecule has 7 heteroatoms. The van der Waals surface area contributed by atoms with Crippen LogP contribution in [0, 0.1) is 5.92 Å². The minimum atomic E-state index is -3.53. The Kier molecular flexibility index (Phi) is 3.27. The Morgan fingerprint density at radius 2 is 1.80 bits per heavy atom. The maximum absolute atomic E-state index is 12.4. The number of nitrogens with zero attached hydrogens (tertiary/aromatic N) is 2. The smallest absolute Gasteiger partial charge is 0.309 e. The Labute approximate surface area is 117 Å². The van der Waals surface area contributed by atoms with Gasteiger partial charge in [0, 0.05) is 26.2 Å². The molecule has 1 fully saturated rings. The lowest BCUT2D eigenvalue weighted by Gasteiger charge is -2.40. The Hall–Kier alpha value is -1.44.